The lowest BCUT2D eigenvalue weighted by atomic mass is 10.1. The molecule has 138 valence electrons. The lowest BCUT2D eigenvalue weighted by Crippen LogP contribution is -2.54. The van der Waals surface area contributed by atoms with Crippen LogP contribution in [-0.2, 0) is 4.79 Å². The number of nitrogens with zero attached hydrogens (tertiary/aromatic N) is 3. The number of carbonyl (C=O) groups excluding carboxylic acids is 1. The first kappa shape index (κ1) is 17.6. The monoisotopic (exact) mass is 369 g/mol. The van der Waals surface area contributed by atoms with Crippen molar-refractivity contribution in [1.29, 1.82) is 0 Å². The molecule has 2 atom stereocenters. The fourth-order valence-corrected chi connectivity index (χ4v) is 5.15. The van der Waals surface area contributed by atoms with Crippen LogP contribution in [0.1, 0.15) is 30.7 Å². The number of carbonyl (C=O) groups is 1. The van der Waals surface area contributed by atoms with Crippen molar-refractivity contribution in [1.82, 2.24) is 9.80 Å². The van der Waals surface area contributed by atoms with Crippen molar-refractivity contribution in [3.63, 3.8) is 0 Å². The van der Waals surface area contributed by atoms with Gasteiger partial charge in [-0.1, -0.05) is 24.3 Å². The van der Waals surface area contributed by atoms with E-state index in [9.17, 15) is 4.79 Å². The van der Waals surface area contributed by atoms with Gasteiger partial charge < -0.3 is 9.80 Å². The Hall–Kier alpha value is -1.85. The highest BCUT2D eigenvalue weighted by atomic mass is 32.1. The quantitative estimate of drug-likeness (QED) is 0.823. The van der Waals surface area contributed by atoms with Crippen molar-refractivity contribution in [2.24, 2.45) is 0 Å². The molecule has 1 aromatic carbocycles. The van der Waals surface area contributed by atoms with E-state index in [1.165, 1.54) is 23.4 Å². The van der Waals surface area contributed by atoms with Crippen LogP contribution in [0.4, 0.5) is 5.69 Å². The molecule has 2 aromatic rings. The summed E-state index contributed by atoms with van der Waals surface area (Å²) in [5.41, 5.74) is 1.25. The van der Waals surface area contributed by atoms with E-state index < -0.39 is 0 Å². The largest absolute Gasteiger partial charge is 0.368 e. The zero-order valence-electron chi connectivity index (χ0n) is 15.4. The average molecular weight is 370 g/mol. The zero-order valence-corrected chi connectivity index (χ0v) is 16.2. The summed E-state index contributed by atoms with van der Waals surface area (Å²) in [5.74, 6) is 0.293. The van der Waals surface area contributed by atoms with E-state index in [0.717, 1.165) is 32.7 Å². The minimum Gasteiger partial charge on any atom is -0.368 e. The first-order valence-electron chi connectivity index (χ1n) is 9.62. The molecule has 0 radical (unpaired) electrons. The van der Waals surface area contributed by atoms with Gasteiger partial charge in [0.05, 0.1) is 6.04 Å². The molecule has 4 nitrogen and oxygen atoms in total. The Bertz CT molecular complexity index is 710. The second kappa shape index (κ2) is 7.80. The van der Waals surface area contributed by atoms with Gasteiger partial charge in [-0.25, -0.2) is 0 Å². The molecule has 1 amide bonds. The van der Waals surface area contributed by atoms with Gasteiger partial charge in [-0.05, 0) is 49.9 Å². The van der Waals surface area contributed by atoms with Gasteiger partial charge in [0.15, 0.2) is 0 Å². The molecule has 2 unspecified atom stereocenters. The first-order chi connectivity index (χ1) is 12.7. The Morgan fingerprint density at radius 1 is 1.04 bits per heavy atom. The van der Waals surface area contributed by atoms with Crippen molar-refractivity contribution in [2.45, 2.75) is 31.8 Å². The number of hydrogen-bond acceptors (Lipinski definition) is 4. The molecular weight excluding hydrogens is 342 g/mol. The minimum absolute atomic E-state index is 0.0344. The van der Waals surface area contributed by atoms with Crippen molar-refractivity contribution in [3.8, 4) is 0 Å². The van der Waals surface area contributed by atoms with Crippen LogP contribution in [0, 0.1) is 0 Å². The summed E-state index contributed by atoms with van der Waals surface area (Å²) in [6.07, 6.45) is 2.35. The smallest absolute Gasteiger partial charge is 0.239 e. The zero-order chi connectivity index (χ0) is 17.9. The van der Waals surface area contributed by atoms with Crippen LogP contribution in [0.15, 0.2) is 47.8 Å². The van der Waals surface area contributed by atoms with Crippen molar-refractivity contribution in [3.05, 3.63) is 52.7 Å². The second-order valence-corrected chi connectivity index (χ2v) is 8.21. The molecule has 3 heterocycles. The van der Waals surface area contributed by atoms with Gasteiger partial charge in [-0.2, -0.15) is 0 Å². The summed E-state index contributed by atoms with van der Waals surface area (Å²) in [6, 6.07) is 15.2. The summed E-state index contributed by atoms with van der Waals surface area (Å²) in [4.78, 5) is 21.4. The summed E-state index contributed by atoms with van der Waals surface area (Å²) >= 11 is 1.81. The van der Waals surface area contributed by atoms with Crippen LogP contribution in [0.5, 0.6) is 0 Å². The number of rotatable bonds is 4. The highest BCUT2D eigenvalue weighted by Crippen LogP contribution is 2.36. The molecule has 0 spiro atoms. The maximum Gasteiger partial charge on any atom is 0.239 e. The number of hydrogen-bond donors (Lipinski definition) is 0. The Morgan fingerprint density at radius 3 is 2.50 bits per heavy atom. The number of thiophene rings is 1. The van der Waals surface area contributed by atoms with Crippen molar-refractivity contribution in [2.75, 3.05) is 37.6 Å². The molecule has 0 aliphatic carbocycles. The van der Waals surface area contributed by atoms with Gasteiger partial charge in [0.25, 0.3) is 0 Å². The van der Waals surface area contributed by atoms with Crippen LogP contribution in [-0.4, -0.2) is 54.5 Å². The first-order valence-corrected chi connectivity index (χ1v) is 10.5. The van der Waals surface area contributed by atoms with Crippen molar-refractivity contribution < 1.29 is 4.79 Å². The van der Waals surface area contributed by atoms with E-state index in [1.807, 2.05) is 17.4 Å². The highest BCUT2D eigenvalue weighted by Gasteiger charge is 2.35. The van der Waals surface area contributed by atoms with Gasteiger partial charge in [-0.3, -0.25) is 9.69 Å². The van der Waals surface area contributed by atoms with E-state index >= 15 is 0 Å². The Balaban J connectivity index is 1.37. The summed E-state index contributed by atoms with van der Waals surface area (Å²) in [6.45, 7) is 6.58. The van der Waals surface area contributed by atoms with Crippen molar-refractivity contribution >= 4 is 22.9 Å². The van der Waals surface area contributed by atoms with E-state index in [-0.39, 0.29) is 6.04 Å². The number of anilines is 1. The Morgan fingerprint density at radius 2 is 1.81 bits per heavy atom. The molecule has 2 aliphatic rings. The van der Waals surface area contributed by atoms with Crippen LogP contribution < -0.4 is 4.90 Å². The number of para-hydroxylation sites is 1. The highest BCUT2D eigenvalue weighted by molar-refractivity contribution is 7.10. The fraction of sp³-hybridized carbons (Fsp3) is 0.476. The van der Waals surface area contributed by atoms with Crippen LogP contribution >= 0.6 is 11.3 Å². The van der Waals surface area contributed by atoms with Gasteiger partial charge in [0.2, 0.25) is 5.91 Å². The van der Waals surface area contributed by atoms with Gasteiger partial charge >= 0.3 is 0 Å². The molecule has 0 N–H and O–H groups in total. The summed E-state index contributed by atoms with van der Waals surface area (Å²) in [7, 11) is 0. The normalized spacial score (nSPS) is 22.6. The SMILES string of the molecule is CC(C(=O)N1CCN(c2ccccc2)CC1)N1CCCC1c1cccs1. The maximum absolute atomic E-state index is 13.1. The van der Waals surface area contributed by atoms with Crippen LogP contribution in [0.3, 0.4) is 0 Å². The van der Waals surface area contributed by atoms with Gasteiger partial charge in [0, 0.05) is 42.8 Å². The standard InChI is InChI=1S/C21H27N3OS/c1-17(24-11-5-9-19(24)20-10-6-16-26-20)21(25)23-14-12-22(13-15-23)18-7-3-2-4-8-18/h2-4,6-8,10,16-17,19H,5,9,11-15H2,1H3. The third kappa shape index (κ3) is 3.51. The predicted octanol–water partition coefficient (Wildman–Crippen LogP) is 3.62. The lowest BCUT2D eigenvalue weighted by molar-refractivity contribution is -0.137. The maximum atomic E-state index is 13.1. The lowest BCUT2D eigenvalue weighted by Gasteiger charge is -2.39. The third-order valence-corrected chi connectivity index (χ3v) is 6.71. The van der Waals surface area contributed by atoms with Crippen LogP contribution in [0.25, 0.3) is 0 Å². The molecular formula is C21H27N3OS. The topological polar surface area (TPSA) is 26.8 Å². The molecule has 2 aliphatic heterocycles. The molecule has 4 rings (SSSR count). The molecule has 2 fully saturated rings. The minimum atomic E-state index is -0.0344. The molecule has 0 saturated carbocycles. The predicted molar refractivity (Wildman–Crippen MR) is 108 cm³/mol. The molecule has 26 heavy (non-hydrogen) atoms. The Kier molecular flexibility index (Phi) is 5.27. The van der Waals surface area contributed by atoms with E-state index in [1.54, 1.807) is 0 Å². The number of likely N-dealkylation sites (tertiary alicyclic amines) is 1. The molecule has 2 saturated heterocycles. The number of piperazine rings is 1. The van der Waals surface area contributed by atoms with Gasteiger partial charge in [-0.15, -0.1) is 11.3 Å². The number of benzene rings is 1. The number of amides is 1. The Labute approximate surface area is 160 Å². The molecule has 1 aromatic heterocycles. The second-order valence-electron chi connectivity index (χ2n) is 7.24. The van der Waals surface area contributed by atoms with Gasteiger partial charge in [0.1, 0.15) is 0 Å². The third-order valence-electron chi connectivity index (χ3n) is 5.73. The van der Waals surface area contributed by atoms with E-state index in [4.69, 9.17) is 0 Å². The summed E-state index contributed by atoms with van der Waals surface area (Å²) in [5, 5.41) is 2.14. The fourth-order valence-electron chi connectivity index (χ4n) is 4.27. The molecule has 5 heteroatoms. The van der Waals surface area contributed by atoms with E-state index in [0.29, 0.717) is 11.9 Å². The van der Waals surface area contributed by atoms with Crippen LogP contribution in [0.2, 0.25) is 0 Å². The van der Waals surface area contributed by atoms with E-state index in [2.05, 4.69) is 63.4 Å². The average Bonchev–Trinajstić information content (AvgIpc) is 3.39. The summed E-state index contributed by atoms with van der Waals surface area (Å²) < 4.78 is 0. The molecule has 0 bridgehead atoms.